The summed E-state index contributed by atoms with van der Waals surface area (Å²) in [4.78, 5) is 8.49. The lowest BCUT2D eigenvalue weighted by Gasteiger charge is -2.07. The van der Waals surface area contributed by atoms with Crippen molar-refractivity contribution in [2.75, 3.05) is 12.3 Å². The predicted molar refractivity (Wildman–Crippen MR) is 76.4 cm³/mol. The maximum Gasteiger partial charge on any atom is 0.262 e. The van der Waals surface area contributed by atoms with Crippen LogP contribution in [0.5, 0.6) is 5.75 Å². The van der Waals surface area contributed by atoms with Crippen LogP contribution in [0, 0.1) is 0 Å². The van der Waals surface area contributed by atoms with Crippen LogP contribution in [0.4, 0.5) is 5.69 Å². The van der Waals surface area contributed by atoms with Crippen molar-refractivity contribution in [1.29, 1.82) is 0 Å². The van der Waals surface area contributed by atoms with Crippen molar-refractivity contribution in [2.45, 2.75) is 6.92 Å². The third-order valence-corrected chi connectivity index (χ3v) is 3.21. The summed E-state index contributed by atoms with van der Waals surface area (Å²) >= 11 is 1.48. The lowest BCUT2D eigenvalue weighted by molar-refractivity contribution is 0.339. The van der Waals surface area contributed by atoms with Gasteiger partial charge in [0.25, 0.3) is 5.89 Å². The standard InChI is InChI=1S/C13H12N4O2S/c1-2-18-11-5-8(14)3-4-9(11)13-16-12(17-19-13)10-6-20-7-15-10/h3-7H,2,14H2,1H3. The van der Waals surface area contributed by atoms with E-state index in [1.165, 1.54) is 11.3 Å². The van der Waals surface area contributed by atoms with E-state index in [2.05, 4.69) is 15.1 Å². The lowest BCUT2D eigenvalue weighted by Crippen LogP contribution is -1.96. The van der Waals surface area contributed by atoms with Gasteiger partial charge in [-0.1, -0.05) is 5.16 Å². The fraction of sp³-hybridized carbons (Fsp3) is 0.154. The third kappa shape index (κ3) is 2.35. The largest absolute Gasteiger partial charge is 0.493 e. The molecule has 0 fully saturated rings. The van der Waals surface area contributed by atoms with Crippen molar-refractivity contribution in [2.24, 2.45) is 0 Å². The maximum atomic E-state index is 5.76. The van der Waals surface area contributed by atoms with Crippen LogP contribution in [0.2, 0.25) is 0 Å². The highest BCUT2D eigenvalue weighted by Gasteiger charge is 2.16. The molecule has 7 heteroatoms. The first kappa shape index (κ1) is 12.6. The Kier molecular flexibility index (Phi) is 3.34. The molecule has 0 saturated carbocycles. The van der Waals surface area contributed by atoms with Crippen molar-refractivity contribution in [3.8, 4) is 28.7 Å². The van der Waals surface area contributed by atoms with Crippen LogP contribution in [0.1, 0.15) is 6.92 Å². The van der Waals surface area contributed by atoms with Gasteiger partial charge in [0.15, 0.2) is 0 Å². The molecule has 0 bridgehead atoms. The second-order valence-electron chi connectivity index (χ2n) is 3.99. The molecule has 0 aliphatic rings. The van der Waals surface area contributed by atoms with Crippen LogP contribution in [0.3, 0.4) is 0 Å². The van der Waals surface area contributed by atoms with Gasteiger partial charge in [0, 0.05) is 17.1 Å². The molecule has 0 aliphatic heterocycles. The monoisotopic (exact) mass is 288 g/mol. The second kappa shape index (κ2) is 5.30. The Morgan fingerprint density at radius 3 is 3.05 bits per heavy atom. The van der Waals surface area contributed by atoms with Gasteiger partial charge in [-0.25, -0.2) is 4.98 Å². The number of aromatic nitrogens is 3. The van der Waals surface area contributed by atoms with Crippen molar-refractivity contribution in [1.82, 2.24) is 15.1 Å². The molecule has 0 unspecified atom stereocenters. The molecule has 0 radical (unpaired) electrons. The highest BCUT2D eigenvalue weighted by molar-refractivity contribution is 7.07. The summed E-state index contributed by atoms with van der Waals surface area (Å²) in [6, 6.07) is 5.31. The first-order valence-corrected chi connectivity index (χ1v) is 6.97. The quantitative estimate of drug-likeness (QED) is 0.743. The van der Waals surface area contributed by atoms with E-state index in [1.54, 1.807) is 23.7 Å². The molecule has 2 N–H and O–H groups in total. The maximum absolute atomic E-state index is 5.76. The summed E-state index contributed by atoms with van der Waals surface area (Å²) in [7, 11) is 0. The topological polar surface area (TPSA) is 87.1 Å². The number of rotatable bonds is 4. The molecule has 0 aliphatic carbocycles. The lowest BCUT2D eigenvalue weighted by atomic mass is 10.2. The number of nitrogens with zero attached hydrogens (tertiary/aromatic N) is 3. The van der Waals surface area contributed by atoms with Gasteiger partial charge in [0.05, 0.1) is 17.7 Å². The molecule has 1 aromatic carbocycles. The number of hydrogen-bond donors (Lipinski definition) is 1. The van der Waals surface area contributed by atoms with E-state index in [0.29, 0.717) is 35.5 Å². The first-order valence-electron chi connectivity index (χ1n) is 6.03. The third-order valence-electron chi connectivity index (χ3n) is 2.62. The highest BCUT2D eigenvalue weighted by Crippen LogP contribution is 2.32. The van der Waals surface area contributed by atoms with Gasteiger partial charge in [-0.2, -0.15) is 4.98 Å². The summed E-state index contributed by atoms with van der Waals surface area (Å²) in [5.41, 5.74) is 9.52. The van der Waals surface area contributed by atoms with E-state index in [4.69, 9.17) is 15.0 Å². The van der Waals surface area contributed by atoms with E-state index >= 15 is 0 Å². The zero-order valence-electron chi connectivity index (χ0n) is 10.7. The Labute approximate surface area is 119 Å². The van der Waals surface area contributed by atoms with Crippen LogP contribution in [0.25, 0.3) is 23.0 Å². The van der Waals surface area contributed by atoms with Gasteiger partial charge >= 0.3 is 0 Å². The van der Waals surface area contributed by atoms with Crippen molar-refractivity contribution in [3.05, 3.63) is 29.1 Å². The number of anilines is 1. The Hall–Kier alpha value is -2.41. The number of ether oxygens (including phenoxy) is 1. The zero-order valence-corrected chi connectivity index (χ0v) is 11.6. The molecule has 2 aromatic heterocycles. The van der Waals surface area contributed by atoms with E-state index < -0.39 is 0 Å². The van der Waals surface area contributed by atoms with E-state index in [0.717, 1.165) is 5.56 Å². The summed E-state index contributed by atoms with van der Waals surface area (Å²) < 4.78 is 10.8. The fourth-order valence-electron chi connectivity index (χ4n) is 1.75. The van der Waals surface area contributed by atoms with Gasteiger partial charge in [-0.05, 0) is 19.1 Å². The normalized spacial score (nSPS) is 10.7. The summed E-state index contributed by atoms with van der Waals surface area (Å²) in [6.07, 6.45) is 0. The molecule has 2 heterocycles. The SMILES string of the molecule is CCOc1cc(N)ccc1-c1nc(-c2cscn2)no1. The Balaban J connectivity index is 2.01. The molecule has 3 aromatic rings. The summed E-state index contributed by atoms with van der Waals surface area (Å²) in [5, 5.41) is 5.79. The molecule has 0 amide bonds. The van der Waals surface area contributed by atoms with Gasteiger partial charge < -0.3 is 15.0 Å². The van der Waals surface area contributed by atoms with E-state index in [-0.39, 0.29) is 0 Å². The van der Waals surface area contributed by atoms with Crippen LogP contribution >= 0.6 is 11.3 Å². The average Bonchev–Trinajstić information content (AvgIpc) is 3.10. The smallest absolute Gasteiger partial charge is 0.262 e. The number of thiazole rings is 1. The van der Waals surface area contributed by atoms with Crippen LogP contribution < -0.4 is 10.5 Å². The molecule has 6 nitrogen and oxygen atoms in total. The molecule has 3 rings (SSSR count). The van der Waals surface area contributed by atoms with Gasteiger partial charge in [-0.3, -0.25) is 0 Å². The molecule has 0 saturated heterocycles. The number of benzene rings is 1. The van der Waals surface area contributed by atoms with Crippen LogP contribution in [-0.2, 0) is 0 Å². The molecule has 102 valence electrons. The minimum Gasteiger partial charge on any atom is -0.493 e. The molecular weight excluding hydrogens is 276 g/mol. The van der Waals surface area contributed by atoms with Crippen LogP contribution in [0.15, 0.2) is 33.6 Å². The van der Waals surface area contributed by atoms with Gasteiger partial charge in [0.1, 0.15) is 11.4 Å². The van der Waals surface area contributed by atoms with Crippen molar-refractivity contribution < 1.29 is 9.26 Å². The van der Waals surface area contributed by atoms with Gasteiger partial charge in [-0.15, -0.1) is 11.3 Å². The first-order chi connectivity index (χ1) is 9.78. The number of nitrogens with two attached hydrogens (primary N) is 1. The molecule has 0 atom stereocenters. The van der Waals surface area contributed by atoms with Gasteiger partial charge in [0.2, 0.25) is 5.82 Å². The highest BCUT2D eigenvalue weighted by atomic mass is 32.1. The molecule has 0 spiro atoms. The molecular formula is C13H12N4O2S. The van der Waals surface area contributed by atoms with Crippen LogP contribution in [-0.4, -0.2) is 21.7 Å². The summed E-state index contributed by atoms with van der Waals surface area (Å²) in [5.74, 6) is 1.47. The number of nitrogen functional groups attached to an aromatic ring is 1. The second-order valence-corrected chi connectivity index (χ2v) is 4.70. The Bertz CT molecular complexity index is 709. The Morgan fingerprint density at radius 2 is 2.30 bits per heavy atom. The minimum atomic E-state index is 0.386. The predicted octanol–water partition coefficient (Wildman–Crippen LogP) is 2.84. The molecule has 20 heavy (non-hydrogen) atoms. The minimum absolute atomic E-state index is 0.386. The summed E-state index contributed by atoms with van der Waals surface area (Å²) in [6.45, 7) is 2.44. The van der Waals surface area contributed by atoms with Crippen molar-refractivity contribution in [3.63, 3.8) is 0 Å². The fourth-order valence-corrected chi connectivity index (χ4v) is 2.28. The number of hydrogen-bond acceptors (Lipinski definition) is 7. The van der Waals surface area contributed by atoms with E-state index in [9.17, 15) is 0 Å². The van der Waals surface area contributed by atoms with E-state index in [1.807, 2.05) is 12.3 Å². The Morgan fingerprint density at radius 1 is 1.40 bits per heavy atom. The van der Waals surface area contributed by atoms with Crippen molar-refractivity contribution >= 4 is 17.0 Å². The zero-order chi connectivity index (χ0) is 13.9. The average molecular weight is 288 g/mol.